The van der Waals surface area contributed by atoms with E-state index in [4.69, 9.17) is 0 Å². The third-order valence-corrected chi connectivity index (χ3v) is 5.91. The van der Waals surface area contributed by atoms with E-state index in [0.717, 1.165) is 45.8 Å². The minimum absolute atomic E-state index is 0.00573. The van der Waals surface area contributed by atoms with E-state index in [-0.39, 0.29) is 11.8 Å². The number of rotatable bonds is 9. The lowest BCUT2D eigenvalue weighted by Gasteiger charge is -2.16. The van der Waals surface area contributed by atoms with Gasteiger partial charge in [-0.1, -0.05) is 50.2 Å². The number of hydrogen-bond donors (Lipinski definition) is 2. The van der Waals surface area contributed by atoms with Gasteiger partial charge in [0.2, 0.25) is 11.8 Å². The molecule has 2 N–H and O–H groups in total. The van der Waals surface area contributed by atoms with Crippen molar-refractivity contribution in [2.75, 3.05) is 22.1 Å². The Kier molecular flexibility index (Phi) is 8.77. The minimum atomic E-state index is 0.00573. The van der Waals surface area contributed by atoms with Crippen LogP contribution in [0.15, 0.2) is 36.4 Å². The first kappa shape index (κ1) is 23.0. The van der Waals surface area contributed by atoms with Gasteiger partial charge in [-0.3, -0.25) is 9.59 Å². The lowest BCUT2D eigenvalue weighted by Crippen LogP contribution is -2.17. The van der Waals surface area contributed by atoms with Crippen LogP contribution >= 0.6 is 11.8 Å². The summed E-state index contributed by atoms with van der Waals surface area (Å²) in [5.41, 5.74) is 6.22. The normalized spacial score (nSPS) is 10.8. The van der Waals surface area contributed by atoms with Gasteiger partial charge in [-0.2, -0.15) is 11.8 Å². The third-order valence-electron chi connectivity index (χ3n) is 4.86. The Morgan fingerprint density at radius 3 is 2.03 bits per heavy atom. The quantitative estimate of drug-likeness (QED) is 0.510. The molecule has 0 aromatic heterocycles. The highest BCUT2D eigenvalue weighted by molar-refractivity contribution is 7.99. The van der Waals surface area contributed by atoms with Crippen LogP contribution in [0.4, 0.5) is 11.4 Å². The molecule has 0 radical (unpaired) electrons. The molecular formula is C24H32N2O2S. The van der Waals surface area contributed by atoms with Gasteiger partial charge in [0.15, 0.2) is 0 Å². The summed E-state index contributed by atoms with van der Waals surface area (Å²) in [6.45, 7) is 10.3. The summed E-state index contributed by atoms with van der Waals surface area (Å²) >= 11 is 1.56. The van der Waals surface area contributed by atoms with E-state index < -0.39 is 0 Å². The summed E-state index contributed by atoms with van der Waals surface area (Å²) in [5.74, 6) is 1.55. The monoisotopic (exact) mass is 412 g/mol. The van der Waals surface area contributed by atoms with Gasteiger partial charge in [0.05, 0.1) is 5.75 Å². The van der Waals surface area contributed by atoms with Crippen molar-refractivity contribution in [3.63, 3.8) is 0 Å². The fourth-order valence-corrected chi connectivity index (χ4v) is 3.98. The molecule has 2 aromatic rings. The maximum Gasteiger partial charge on any atom is 0.234 e. The largest absolute Gasteiger partial charge is 0.326 e. The van der Waals surface area contributed by atoms with Crippen LogP contribution in [0.1, 0.15) is 54.9 Å². The fourth-order valence-electron chi connectivity index (χ4n) is 3.23. The van der Waals surface area contributed by atoms with Gasteiger partial charge >= 0.3 is 0 Å². The second kappa shape index (κ2) is 11.1. The van der Waals surface area contributed by atoms with E-state index in [1.165, 1.54) is 0 Å². The van der Waals surface area contributed by atoms with Crippen LogP contribution in [-0.2, 0) is 9.59 Å². The Hall–Kier alpha value is -2.27. The summed E-state index contributed by atoms with van der Waals surface area (Å²) in [6, 6.07) is 12.1. The van der Waals surface area contributed by atoms with Gasteiger partial charge in [-0.15, -0.1) is 0 Å². The summed E-state index contributed by atoms with van der Waals surface area (Å²) in [6.07, 6.45) is 1.20. The average Bonchev–Trinajstić information content (AvgIpc) is 2.66. The number of carbonyl (C=O) groups is 2. The third kappa shape index (κ3) is 6.93. The summed E-state index contributed by atoms with van der Waals surface area (Å²) in [5, 5.41) is 6.07. The maximum absolute atomic E-state index is 12.3. The van der Waals surface area contributed by atoms with Crippen LogP contribution in [0.2, 0.25) is 0 Å². The first-order valence-corrected chi connectivity index (χ1v) is 11.3. The molecule has 2 aromatic carbocycles. The Balaban J connectivity index is 1.73. The highest BCUT2D eigenvalue weighted by Gasteiger charge is 2.12. The smallest absolute Gasteiger partial charge is 0.234 e. The van der Waals surface area contributed by atoms with Crippen molar-refractivity contribution in [1.29, 1.82) is 0 Å². The topological polar surface area (TPSA) is 58.2 Å². The van der Waals surface area contributed by atoms with Crippen molar-refractivity contribution < 1.29 is 9.59 Å². The van der Waals surface area contributed by atoms with Gasteiger partial charge in [0.1, 0.15) is 0 Å². The van der Waals surface area contributed by atoms with Crippen LogP contribution in [-0.4, -0.2) is 23.3 Å². The molecule has 0 saturated heterocycles. The summed E-state index contributed by atoms with van der Waals surface area (Å²) in [4.78, 5) is 24.5. The molecule has 0 aliphatic rings. The van der Waals surface area contributed by atoms with Crippen LogP contribution < -0.4 is 10.6 Å². The Morgan fingerprint density at radius 1 is 0.862 bits per heavy atom. The van der Waals surface area contributed by atoms with Crippen molar-refractivity contribution in [2.45, 2.75) is 53.4 Å². The van der Waals surface area contributed by atoms with Gasteiger partial charge < -0.3 is 10.6 Å². The molecule has 0 aliphatic heterocycles. The molecule has 4 nitrogen and oxygen atoms in total. The van der Waals surface area contributed by atoms with Crippen molar-refractivity contribution in [1.82, 2.24) is 0 Å². The van der Waals surface area contributed by atoms with E-state index in [0.29, 0.717) is 18.1 Å². The molecule has 0 unspecified atom stereocenters. The van der Waals surface area contributed by atoms with Gasteiger partial charge in [0.25, 0.3) is 0 Å². The van der Waals surface area contributed by atoms with E-state index >= 15 is 0 Å². The number of carbonyl (C=O) groups excluding carboxylic acids is 2. The minimum Gasteiger partial charge on any atom is -0.326 e. The molecule has 2 rings (SSSR count). The zero-order chi connectivity index (χ0) is 21.4. The summed E-state index contributed by atoms with van der Waals surface area (Å²) in [7, 11) is 0. The first-order chi connectivity index (χ1) is 13.8. The van der Waals surface area contributed by atoms with Gasteiger partial charge in [0, 0.05) is 17.8 Å². The number of anilines is 2. The fraction of sp³-hybridized carbons (Fsp3) is 0.417. The Morgan fingerprint density at radius 2 is 1.41 bits per heavy atom. The molecule has 5 heteroatoms. The van der Waals surface area contributed by atoms with Crippen LogP contribution in [0.5, 0.6) is 0 Å². The SMILES string of the molecule is Cc1cccc(C)c1NC(=O)CCCSCC(=O)Nc1c(C)cccc1C(C)C. The van der Waals surface area contributed by atoms with Crippen molar-refractivity contribution in [3.8, 4) is 0 Å². The number of para-hydroxylation sites is 2. The maximum atomic E-state index is 12.3. The zero-order valence-corrected chi connectivity index (χ0v) is 18.9. The first-order valence-electron chi connectivity index (χ1n) is 10.1. The number of amides is 2. The second-order valence-electron chi connectivity index (χ2n) is 7.71. The van der Waals surface area contributed by atoms with Crippen LogP contribution in [0.3, 0.4) is 0 Å². The van der Waals surface area contributed by atoms with E-state index in [1.54, 1.807) is 11.8 Å². The molecule has 0 fully saturated rings. The predicted molar refractivity (Wildman–Crippen MR) is 125 cm³/mol. The molecule has 0 bridgehead atoms. The highest BCUT2D eigenvalue weighted by Crippen LogP contribution is 2.27. The van der Waals surface area contributed by atoms with Gasteiger partial charge in [-0.05, 0) is 61.1 Å². The molecule has 0 atom stereocenters. The van der Waals surface area contributed by atoms with Crippen molar-refractivity contribution >= 4 is 35.0 Å². The molecule has 2 amide bonds. The highest BCUT2D eigenvalue weighted by atomic mass is 32.2. The van der Waals surface area contributed by atoms with E-state index in [2.05, 4.69) is 30.5 Å². The number of thioether (sulfide) groups is 1. The van der Waals surface area contributed by atoms with Crippen molar-refractivity contribution in [2.24, 2.45) is 0 Å². The zero-order valence-electron chi connectivity index (χ0n) is 18.1. The average molecular weight is 413 g/mol. The Bertz CT molecular complexity index is 842. The van der Waals surface area contributed by atoms with Crippen LogP contribution in [0.25, 0.3) is 0 Å². The van der Waals surface area contributed by atoms with E-state index in [9.17, 15) is 9.59 Å². The number of nitrogens with one attached hydrogen (secondary N) is 2. The van der Waals surface area contributed by atoms with Crippen molar-refractivity contribution in [3.05, 3.63) is 58.7 Å². The molecule has 0 saturated carbocycles. The standard InChI is InChI=1S/C24H32N2O2S/c1-16(2)20-12-7-11-19(5)24(20)26-22(28)15-29-14-8-13-21(27)25-23-17(3)9-6-10-18(23)4/h6-7,9-12,16H,8,13-15H2,1-5H3,(H,25,27)(H,26,28). The lowest BCUT2D eigenvalue weighted by atomic mass is 9.98. The van der Waals surface area contributed by atoms with Crippen LogP contribution in [0, 0.1) is 20.8 Å². The lowest BCUT2D eigenvalue weighted by molar-refractivity contribution is -0.116. The van der Waals surface area contributed by atoms with E-state index in [1.807, 2.05) is 51.1 Å². The molecule has 0 spiro atoms. The van der Waals surface area contributed by atoms with Gasteiger partial charge in [-0.25, -0.2) is 0 Å². The predicted octanol–water partition coefficient (Wildman–Crippen LogP) is 5.83. The number of benzene rings is 2. The second-order valence-corrected chi connectivity index (χ2v) is 8.82. The number of aryl methyl sites for hydroxylation is 3. The number of hydrogen-bond acceptors (Lipinski definition) is 3. The molecule has 0 aliphatic carbocycles. The molecule has 29 heavy (non-hydrogen) atoms. The molecular weight excluding hydrogens is 380 g/mol. The molecule has 0 heterocycles. The summed E-state index contributed by atoms with van der Waals surface area (Å²) < 4.78 is 0. The Labute approximate surface area is 178 Å². The molecule has 156 valence electrons.